The second-order valence-corrected chi connectivity index (χ2v) is 1.83. The molecule has 0 aliphatic carbocycles. The van der Waals surface area contributed by atoms with Crippen molar-refractivity contribution in [2.24, 2.45) is 0 Å². The molecule has 1 heteroatoms. The van der Waals surface area contributed by atoms with E-state index in [0.717, 1.165) is 11.3 Å². The maximum atomic E-state index is 5.11. The van der Waals surface area contributed by atoms with Gasteiger partial charge in [0.2, 0.25) is 0 Å². The topological polar surface area (TPSA) is 12.9 Å². The van der Waals surface area contributed by atoms with E-state index in [9.17, 15) is 0 Å². The number of aromatic nitrogens is 1. The van der Waals surface area contributed by atoms with Gasteiger partial charge in [0.25, 0.3) is 0 Å². The smallest absolute Gasteiger partial charge is 0.0427 e. The van der Waals surface area contributed by atoms with E-state index < -0.39 is 0 Å². The van der Waals surface area contributed by atoms with Gasteiger partial charge in [-0.05, 0) is 19.1 Å². The van der Waals surface area contributed by atoms with Gasteiger partial charge in [-0.1, -0.05) is 5.92 Å². The Kier molecular flexibility index (Phi) is 1.51. The Labute approximate surface area is 54.7 Å². The predicted octanol–water partition coefficient (Wildman–Crippen LogP) is 1.37. The first-order valence-electron chi connectivity index (χ1n) is 2.72. The first-order chi connectivity index (χ1) is 4.33. The van der Waals surface area contributed by atoms with Crippen molar-refractivity contribution < 1.29 is 0 Å². The number of aryl methyl sites for hydroxylation is 1. The van der Waals surface area contributed by atoms with Gasteiger partial charge >= 0.3 is 0 Å². The Balaban J connectivity index is 3.06. The van der Waals surface area contributed by atoms with E-state index in [0.29, 0.717) is 0 Å². The molecule has 0 atom stereocenters. The maximum absolute atomic E-state index is 5.11. The molecule has 0 bridgehead atoms. The highest BCUT2D eigenvalue weighted by atomic mass is 14.6. The lowest BCUT2D eigenvalue weighted by Gasteiger charge is -1.88. The van der Waals surface area contributed by atoms with E-state index >= 15 is 0 Å². The molecule has 9 heavy (non-hydrogen) atoms. The third-order valence-corrected chi connectivity index (χ3v) is 1.08. The summed E-state index contributed by atoms with van der Waals surface area (Å²) in [5, 5.41) is 0. The fraction of sp³-hybridized carbons (Fsp3) is 0.125. The van der Waals surface area contributed by atoms with Gasteiger partial charge in [0.05, 0.1) is 0 Å². The molecule has 44 valence electrons. The second kappa shape index (κ2) is 2.32. The predicted molar refractivity (Wildman–Crippen MR) is 36.9 cm³/mol. The first-order valence-corrected chi connectivity index (χ1v) is 2.72. The summed E-state index contributed by atoms with van der Waals surface area (Å²) in [6.45, 7) is 1.93. The molecule has 0 aliphatic rings. The zero-order valence-corrected chi connectivity index (χ0v) is 5.26. The summed E-state index contributed by atoms with van der Waals surface area (Å²) < 4.78 is 0. The molecular formula is C8H7N. The van der Waals surface area contributed by atoms with E-state index in [1.165, 1.54) is 0 Å². The molecule has 1 aromatic heterocycles. The van der Waals surface area contributed by atoms with Gasteiger partial charge in [-0.15, -0.1) is 6.42 Å². The van der Waals surface area contributed by atoms with Gasteiger partial charge in [-0.3, -0.25) is 4.98 Å². The minimum atomic E-state index is 0.834. The third-order valence-electron chi connectivity index (χ3n) is 1.08. The lowest BCUT2D eigenvalue weighted by atomic mass is 10.3. The zero-order valence-electron chi connectivity index (χ0n) is 5.26. The highest BCUT2D eigenvalue weighted by Gasteiger charge is 1.84. The SMILES string of the molecule is C#Cc1ccc(C)nc1. The Morgan fingerprint density at radius 3 is 2.78 bits per heavy atom. The summed E-state index contributed by atoms with van der Waals surface area (Å²) in [5.41, 5.74) is 1.83. The van der Waals surface area contributed by atoms with Crippen molar-refractivity contribution >= 4 is 0 Å². The van der Waals surface area contributed by atoms with Crippen LogP contribution in [0.25, 0.3) is 0 Å². The van der Waals surface area contributed by atoms with Crippen molar-refractivity contribution in [1.82, 2.24) is 4.98 Å². The second-order valence-electron chi connectivity index (χ2n) is 1.83. The molecule has 0 unspecified atom stereocenters. The molecule has 1 heterocycles. The Morgan fingerprint density at radius 2 is 2.33 bits per heavy atom. The van der Waals surface area contributed by atoms with Crippen molar-refractivity contribution in [1.29, 1.82) is 0 Å². The average molecular weight is 117 g/mol. The minimum absolute atomic E-state index is 0.834. The van der Waals surface area contributed by atoms with Gasteiger partial charge in [0.1, 0.15) is 0 Å². The molecule has 0 spiro atoms. The minimum Gasteiger partial charge on any atom is -0.260 e. The lowest BCUT2D eigenvalue weighted by Crippen LogP contribution is -1.79. The number of pyridine rings is 1. The standard InChI is InChI=1S/C8H7N/c1-3-8-5-4-7(2)9-6-8/h1,4-6H,2H3. The summed E-state index contributed by atoms with van der Waals surface area (Å²) >= 11 is 0. The fourth-order valence-electron chi connectivity index (χ4n) is 0.553. The van der Waals surface area contributed by atoms with Crippen LogP contribution in [0.4, 0.5) is 0 Å². The van der Waals surface area contributed by atoms with Crippen molar-refractivity contribution in [2.75, 3.05) is 0 Å². The van der Waals surface area contributed by atoms with Crippen molar-refractivity contribution in [3.8, 4) is 12.3 Å². The largest absolute Gasteiger partial charge is 0.260 e. The van der Waals surface area contributed by atoms with E-state index in [2.05, 4.69) is 10.9 Å². The van der Waals surface area contributed by atoms with E-state index in [-0.39, 0.29) is 0 Å². The zero-order chi connectivity index (χ0) is 6.69. The van der Waals surface area contributed by atoms with Gasteiger partial charge < -0.3 is 0 Å². The van der Waals surface area contributed by atoms with Crippen LogP contribution in [0, 0.1) is 19.3 Å². The quantitative estimate of drug-likeness (QED) is 0.468. The molecule has 0 aliphatic heterocycles. The summed E-state index contributed by atoms with van der Waals surface area (Å²) in [7, 11) is 0. The highest BCUT2D eigenvalue weighted by Crippen LogP contribution is 1.95. The molecule has 1 aromatic rings. The summed E-state index contributed by atoms with van der Waals surface area (Å²) in [6, 6.07) is 3.78. The maximum Gasteiger partial charge on any atom is 0.0427 e. The molecule has 0 amide bonds. The van der Waals surface area contributed by atoms with Crippen molar-refractivity contribution in [3.63, 3.8) is 0 Å². The van der Waals surface area contributed by atoms with Crippen LogP contribution in [-0.4, -0.2) is 4.98 Å². The number of hydrogen-bond donors (Lipinski definition) is 0. The number of hydrogen-bond acceptors (Lipinski definition) is 1. The fourth-order valence-corrected chi connectivity index (χ4v) is 0.553. The van der Waals surface area contributed by atoms with Gasteiger partial charge in [-0.25, -0.2) is 0 Å². The van der Waals surface area contributed by atoms with Crippen LogP contribution in [0.15, 0.2) is 18.3 Å². The van der Waals surface area contributed by atoms with Crippen LogP contribution in [0.3, 0.4) is 0 Å². The summed E-state index contributed by atoms with van der Waals surface area (Å²) in [5.74, 6) is 2.49. The number of nitrogens with zero attached hydrogens (tertiary/aromatic N) is 1. The van der Waals surface area contributed by atoms with Crippen molar-refractivity contribution in [2.45, 2.75) is 6.92 Å². The molecule has 0 aromatic carbocycles. The average Bonchev–Trinajstić information content (AvgIpc) is 1.90. The summed E-state index contributed by atoms with van der Waals surface area (Å²) in [6.07, 6.45) is 6.80. The van der Waals surface area contributed by atoms with Crippen molar-refractivity contribution in [3.05, 3.63) is 29.6 Å². The molecule has 1 nitrogen and oxygen atoms in total. The Morgan fingerprint density at radius 1 is 1.56 bits per heavy atom. The van der Waals surface area contributed by atoms with E-state index in [1.807, 2.05) is 19.1 Å². The van der Waals surface area contributed by atoms with Crippen LogP contribution in [0.1, 0.15) is 11.3 Å². The number of terminal acetylenes is 1. The normalized spacial score (nSPS) is 8.44. The van der Waals surface area contributed by atoms with Gasteiger partial charge in [-0.2, -0.15) is 0 Å². The molecule has 0 N–H and O–H groups in total. The summed E-state index contributed by atoms with van der Waals surface area (Å²) in [4.78, 5) is 4.01. The monoisotopic (exact) mass is 117 g/mol. The highest BCUT2D eigenvalue weighted by molar-refractivity contribution is 5.29. The van der Waals surface area contributed by atoms with Crippen LogP contribution in [-0.2, 0) is 0 Å². The van der Waals surface area contributed by atoms with Gasteiger partial charge in [0.15, 0.2) is 0 Å². The molecule has 0 fully saturated rings. The third kappa shape index (κ3) is 1.30. The van der Waals surface area contributed by atoms with Crippen LogP contribution >= 0.6 is 0 Å². The molecule has 0 saturated heterocycles. The molecule has 0 saturated carbocycles. The van der Waals surface area contributed by atoms with Crippen LogP contribution in [0.5, 0.6) is 0 Å². The molecular weight excluding hydrogens is 110 g/mol. The molecule has 1 rings (SSSR count). The van der Waals surface area contributed by atoms with E-state index in [1.54, 1.807) is 6.20 Å². The van der Waals surface area contributed by atoms with Crippen LogP contribution < -0.4 is 0 Å². The lowest BCUT2D eigenvalue weighted by molar-refractivity contribution is 1.19. The van der Waals surface area contributed by atoms with Gasteiger partial charge in [0, 0.05) is 17.5 Å². The molecule has 0 radical (unpaired) electrons. The first kappa shape index (κ1) is 5.84. The number of rotatable bonds is 0. The van der Waals surface area contributed by atoms with Crippen LogP contribution in [0.2, 0.25) is 0 Å². The Bertz CT molecular complexity index is 228. The Hall–Kier alpha value is -1.29. The van der Waals surface area contributed by atoms with E-state index in [4.69, 9.17) is 6.42 Å².